The minimum absolute atomic E-state index is 0.632. The zero-order valence-corrected chi connectivity index (χ0v) is 33.2. The molecule has 0 spiro atoms. The van der Waals surface area contributed by atoms with E-state index in [1.807, 2.05) is 84.9 Å². The van der Waals surface area contributed by atoms with E-state index >= 15 is 0 Å². The lowest BCUT2D eigenvalue weighted by atomic mass is 9.91. The number of aromatic nitrogens is 6. The Labute approximate surface area is 349 Å². The summed E-state index contributed by atoms with van der Waals surface area (Å²) in [5.74, 6) is 3.87. The molecule has 2 heterocycles. The van der Waals surface area contributed by atoms with Gasteiger partial charge in [-0.2, -0.15) is 0 Å². The van der Waals surface area contributed by atoms with E-state index in [0.29, 0.717) is 34.9 Å². The Bertz CT molecular complexity index is 2930. The molecular weight excluding hydrogens is 733 g/mol. The highest BCUT2D eigenvalue weighted by Gasteiger charge is 2.17. The Morgan fingerprint density at radius 3 is 0.917 bits per heavy atom. The fraction of sp³-hybridized carbons (Fsp3) is 0.0370. The molecule has 0 unspecified atom stereocenters. The van der Waals surface area contributed by atoms with Gasteiger partial charge in [-0.3, -0.25) is 0 Å². The maximum absolute atomic E-state index is 5.00. The van der Waals surface area contributed by atoms with Crippen molar-refractivity contribution in [2.75, 3.05) is 0 Å². The second-order valence-corrected chi connectivity index (χ2v) is 14.8. The van der Waals surface area contributed by atoms with E-state index < -0.39 is 0 Å². The first-order chi connectivity index (χ1) is 29.6. The Kier molecular flexibility index (Phi) is 9.56. The van der Waals surface area contributed by atoms with E-state index in [4.69, 9.17) is 29.9 Å². The zero-order chi connectivity index (χ0) is 40.4. The van der Waals surface area contributed by atoms with Crippen LogP contribution in [0, 0.1) is 13.8 Å². The minimum Gasteiger partial charge on any atom is -0.208 e. The number of nitrogens with zero attached hydrogens (tertiary/aromatic N) is 6. The second-order valence-electron chi connectivity index (χ2n) is 14.8. The highest BCUT2D eigenvalue weighted by atomic mass is 15.0. The van der Waals surface area contributed by atoms with Crippen LogP contribution in [0.4, 0.5) is 0 Å². The average Bonchev–Trinajstić information content (AvgIpc) is 3.32. The predicted molar refractivity (Wildman–Crippen MR) is 244 cm³/mol. The van der Waals surface area contributed by atoms with E-state index in [1.165, 1.54) is 10.8 Å². The largest absolute Gasteiger partial charge is 0.208 e. The number of fused-ring (bicyclic) bond motifs is 1. The van der Waals surface area contributed by atoms with Crippen molar-refractivity contribution < 1.29 is 0 Å². The fourth-order valence-electron chi connectivity index (χ4n) is 7.75. The number of aryl methyl sites for hydroxylation is 2. The van der Waals surface area contributed by atoms with Crippen LogP contribution in [0.1, 0.15) is 11.1 Å². The monoisotopic (exact) mass is 770 g/mol. The summed E-state index contributed by atoms with van der Waals surface area (Å²) < 4.78 is 0. The van der Waals surface area contributed by atoms with Gasteiger partial charge >= 0.3 is 0 Å². The first-order valence-corrected chi connectivity index (χ1v) is 20.0. The summed E-state index contributed by atoms with van der Waals surface area (Å²) in [4.78, 5) is 29.8. The van der Waals surface area contributed by atoms with Crippen LogP contribution in [0.2, 0.25) is 0 Å². The second kappa shape index (κ2) is 15.8. The van der Waals surface area contributed by atoms with Gasteiger partial charge < -0.3 is 0 Å². The van der Waals surface area contributed by atoms with Crippen LogP contribution in [0.5, 0.6) is 0 Å². The minimum atomic E-state index is 0.632. The molecule has 6 heteroatoms. The van der Waals surface area contributed by atoms with Gasteiger partial charge in [-0.15, -0.1) is 0 Å². The van der Waals surface area contributed by atoms with Crippen molar-refractivity contribution in [1.29, 1.82) is 0 Å². The van der Waals surface area contributed by atoms with Gasteiger partial charge in [0.15, 0.2) is 34.9 Å². The molecule has 60 heavy (non-hydrogen) atoms. The van der Waals surface area contributed by atoms with E-state index in [-0.39, 0.29) is 0 Å². The van der Waals surface area contributed by atoms with E-state index in [2.05, 4.69) is 123 Å². The normalized spacial score (nSPS) is 11.2. The van der Waals surface area contributed by atoms with Crippen LogP contribution < -0.4 is 0 Å². The topological polar surface area (TPSA) is 77.3 Å². The van der Waals surface area contributed by atoms with Gasteiger partial charge in [-0.05, 0) is 58.0 Å². The molecule has 0 aliphatic rings. The van der Waals surface area contributed by atoms with Gasteiger partial charge in [0.25, 0.3) is 0 Å². The van der Waals surface area contributed by atoms with Gasteiger partial charge in [0, 0.05) is 33.4 Å². The lowest BCUT2D eigenvalue weighted by Gasteiger charge is -2.14. The molecule has 0 N–H and O–H groups in total. The first-order valence-electron chi connectivity index (χ1n) is 20.0. The fourth-order valence-corrected chi connectivity index (χ4v) is 7.75. The summed E-state index contributed by atoms with van der Waals surface area (Å²) in [6, 6.07) is 66.7. The Morgan fingerprint density at radius 2 is 0.533 bits per heavy atom. The molecular formula is C54H38N6. The SMILES string of the molecule is Cc1ccccc1-c1nc(-c2ccccc2)nc(-c2ccc(-c3cccc4cccc(-c5ccc(-c6nc(-c7ccccc7)nc(-c7ccccc7C)n6)cc5)c34)cc2)n1. The highest BCUT2D eigenvalue weighted by molar-refractivity contribution is 6.06. The molecule has 10 aromatic rings. The maximum atomic E-state index is 5.00. The van der Waals surface area contributed by atoms with E-state index in [0.717, 1.165) is 66.8 Å². The maximum Gasteiger partial charge on any atom is 0.164 e. The molecule has 0 atom stereocenters. The van der Waals surface area contributed by atoms with Crippen molar-refractivity contribution in [3.05, 3.63) is 205 Å². The van der Waals surface area contributed by atoms with Gasteiger partial charge in [-0.25, -0.2) is 29.9 Å². The first kappa shape index (κ1) is 36.4. The third-order valence-corrected chi connectivity index (χ3v) is 10.9. The lowest BCUT2D eigenvalue weighted by Crippen LogP contribution is -2.01. The van der Waals surface area contributed by atoms with Gasteiger partial charge in [0.2, 0.25) is 0 Å². The Balaban J connectivity index is 1.02. The summed E-state index contributed by atoms with van der Waals surface area (Å²) in [5, 5.41) is 2.35. The summed E-state index contributed by atoms with van der Waals surface area (Å²) in [6.07, 6.45) is 0. The third kappa shape index (κ3) is 7.12. The molecule has 284 valence electrons. The predicted octanol–water partition coefficient (Wildman–Crippen LogP) is 13.2. The van der Waals surface area contributed by atoms with Crippen molar-refractivity contribution in [2.24, 2.45) is 0 Å². The van der Waals surface area contributed by atoms with Crippen LogP contribution in [0.15, 0.2) is 194 Å². The standard InChI is InChI=1S/C54H38N6/c1-35-15-9-11-23-44(35)53-57-49(40-17-5-3-6-18-40)55-51(59-53)42-31-27-37(28-32-42)46-25-13-21-39-22-14-26-47(48(39)46)38-29-33-43(34-30-38)52-56-50(41-19-7-4-8-20-41)58-54(60-52)45-24-12-10-16-36(45)2/h3-34H,1-2H3. The molecule has 0 aliphatic carbocycles. The highest BCUT2D eigenvalue weighted by Crippen LogP contribution is 2.38. The molecule has 8 aromatic carbocycles. The van der Waals surface area contributed by atoms with Gasteiger partial charge in [-0.1, -0.05) is 194 Å². The Morgan fingerprint density at radius 1 is 0.233 bits per heavy atom. The zero-order valence-electron chi connectivity index (χ0n) is 33.2. The summed E-state index contributed by atoms with van der Waals surface area (Å²) in [6.45, 7) is 4.17. The molecule has 0 saturated heterocycles. The summed E-state index contributed by atoms with van der Waals surface area (Å²) >= 11 is 0. The average molecular weight is 771 g/mol. The van der Waals surface area contributed by atoms with Gasteiger partial charge in [0.05, 0.1) is 0 Å². The molecule has 10 rings (SSSR count). The molecule has 0 fully saturated rings. The van der Waals surface area contributed by atoms with Crippen molar-refractivity contribution in [3.63, 3.8) is 0 Å². The van der Waals surface area contributed by atoms with Crippen LogP contribution in [0.25, 0.3) is 101 Å². The van der Waals surface area contributed by atoms with Crippen LogP contribution in [0.3, 0.4) is 0 Å². The third-order valence-electron chi connectivity index (χ3n) is 10.9. The van der Waals surface area contributed by atoms with Crippen LogP contribution in [-0.4, -0.2) is 29.9 Å². The van der Waals surface area contributed by atoms with E-state index in [9.17, 15) is 0 Å². The van der Waals surface area contributed by atoms with Crippen molar-refractivity contribution >= 4 is 10.8 Å². The quantitative estimate of drug-likeness (QED) is 0.153. The summed E-state index contributed by atoms with van der Waals surface area (Å²) in [7, 11) is 0. The van der Waals surface area contributed by atoms with Crippen molar-refractivity contribution in [2.45, 2.75) is 13.8 Å². The van der Waals surface area contributed by atoms with Crippen molar-refractivity contribution in [3.8, 4) is 90.6 Å². The molecule has 0 saturated carbocycles. The molecule has 2 aromatic heterocycles. The van der Waals surface area contributed by atoms with E-state index in [1.54, 1.807) is 0 Å². The van der Waals surface area contributed by atoms with Crippen LogP contribution in [-0.2, 0) is 0 Å². The number of hydrogen-bond donors (Lipinski definition) is 0. The number of rotatable bonds is 8. The number of benzene rings is 8. The van der Waals surface area contributed by atoms with Crippen molar-refractivity contribution in [1.82, 2.24) is 29.9 Å². The van der Waals surface area contributed by atoms with Gasteiger partial charge in [0.1, 0.15) is 0 Å². The Hall–Kier alpha value is -7.96. The molecule has 0 bridgehead atoms. The van der Waals surface area contributed by atoms with Crippen LogP contribution >= 0.6 is 0 Å². The molecule has 0 amide bonds. The molecule has 0 aliphatic heterocycles. The molecule has 0 radical (unpaired) electrons. The summed E-state index contributed by atoms with van der Waals surface area (Å²) in [5.41, 5.74) is 12.4. The smallest absolute Gasteiger partial charge is 0.164 e. The lowest BCUT2D eigenvalue weighted by molar-refractivity contribution is 1.07. The molecule has 6 nitrogen and oxygen atoms in total. The number of hydrogen-bond acceptors (Lipinski definition) is 6.